The minimum atomic E-state index is -1.61. The number of likely N-dealkylation sites (tertiary alicyclic amines) is 2. The second-order valence-electron chi connectivity index (χ2n) is 7.51. The topological polar surface area (TPSA) is 49.9 Å². The molecule has 6 heteroatoms. The van der Waals surface area contributed by atoms with Crippen molar-refractivity contribution in [2.75, 3.05) is 32.8 Å². The average molecular weight is 324 g/mol. The van der Waals surface area contributed by atoms with Gasteiger partial charge in [0.2, 0.25) is 5.91 Å². The Morgan fingerprint density at radius 1 is 1.04 bits per heavy atom. The van der Waals surface area contributed by atoms with E-state index >= 15 is 0 Å². The van der Waals surface area contributed by atoms with Crippen LogP contribution in [0.1, 0.15) is 38.5 Å². The van der Waals surface area contributed by atoms with Crippen LogP contribution in [0.3, 0.4) is 0 Å². The third kappa shape index (κ3) is 2.75. The van der Waals surface area contributed by atoms with Gasteiger partial charge in [0, 0.05) is 44.6 Å². The van der Waals surface area contributed by atoms with Crippen molar-refractivity contribution in [3.63, 3.8) is 0 Å². The highest BCUT2D eigenvalue weighted by Crippen LogP contribution is 2.43. The van der Waals surface area contributed by atoms with Gasteiger partial charge in [-0.3, -0.25) is 9.59 Å². The summed E-state index contributed by atoms with van der Waals surface area (Å²) < 4.78 is 20.0. The van der Waals surface area contributed by atoms with Crippen molar-refractivity contribution in [1.82, 2.24) is 9.80 Å². The minimum Gasteiger partial charge on any atom is -0.378 e. The molecule has 4 rings (SSSR count). The molecule has 23 heavy (non-hydrogen) atoms. The first-order valence-electron chi connectivity index (χ1n) is 8.97. The number of ether oxygens (including phenoxy) is 1. The Hall–Kier alpha value is -1.17. The van der Waals surface area contributed by atoms with Gasteiger partial charge in [-0.2, -0.15) is 0 Å². The summed E-state index contributed by atoms with van der Waals surface area (Å²) in [5.41, 5.74) is -1.61. The van der Waals surface area contributed by atoms with E-state index in [1.807, 2.05) is 4.90 Å². The molecule has 0 radical (unpaired) electrons. The van der Waals surface area contributed by atoms with Crippen LogP contribution in [0.5, 0.6) is 0 Å². The number of alkyl halides is 1. The Labute approximate surface area is 136 Å². The van der Waals surface area contributed by atoms with Crippen LogP contribution in [0.4, 0.5) is 4.39 Å². The Bertz CT molecular complexity index is 502. The Morgan fingerprint density at radius 3 is 2.48 bits per heavy atom. The quantitative estimate of drug-likeness (QED) is 0.771. The molecule has 4 aliphatic rings. The molecule has 0 N–H and O–H groups in total. The summed E-state index contributed by atoms with van der Waals surface area (Å²) in [6, 6.07) is 0. The molecular weight excluding hydrogens is 299 g/mol. The minimum absolute atomic E-state index is 0.0249. The first-order valence-corrected chi connectivity index (χ1v) is 8.97. The monoisotopic (exact) mass is 324 g/mol. The number of amides is 2. The maximum absolute atomic E-state index is 14.1. The van der Waals surface area contributed by atoms with Crippen molar-refractivity contribution in [2.24, 2.45) is 11.8 Å². The van der Waals surface area contributed by atoms with E-state index < -0.39 is 5.67 Å². The maximum Gasteiger partial charge on any atom is 0.260 e. The molecule has 3 aliphatic heterocycles. The molecule has 4 fully saturated rings. The summed E-state index contributed by atoms with van der Waals surface area (Å²) in [7, 11) is 0. The highest BCUT2D eigenvalue weighted by molar-refractivity contribution is 5.88. The summed E-state index contributed by atoms with van der Waals surface area (Å²) in [6.45, 7) is 3.34. The summed E-state index contributed by atoms with van der Waals surface area (Å²) in [6.07, 6.45) is 4.34. The number of hydrogen-bond acceptors (Lipinski definition) is 3. The lowest BCUT2D eigenvalue weighted by Crippen LogP contribution is -2.56. The number of fused-ring (bicyclic) bond motifs is 1. The molecule has 3 saturated heterocycles. The molecule has 0 spiro atoms. The lowest BCUT2D eigenvalue weighted by atomic mass is 9.78. The van der Waals surface area contributed by atoms with Crippen molar-refractivity contribution in [2.45, 2.75) is 50.3 Å². The number of nitrogens with zero attached hydrogens (tertiary/aromatic N) is 2. The summed E-state index contributed by atoms with van der Waals surface area (Å²) in [5, 5.41) is 0. The molecule has 5 nitrogen and oxygen atoms in total. The van der Waals surface area contributed by atoms with Gasteiger partial charge in [-0.05, 0) is 38.5 Å². The van der Waals surface area contributed by atoms with Gasteiger partial charge < -0.3 is 14.5 Å². The zero-order valence-corrected chi connectivity index (χ0v) is 13.5. The van der Waals surface area contributed by atoms with Gasteiger partial charge >= 0.3 is 0 Å². The number of carbonyl (C=O) groups excluding carboxylic acids is 2. The van der Waals surface area contributed by atoms with Crippen molar-refractivity contribution in [3.8, 4) is 0 Å². The van der Waals surface area contributed by atoms with Crippen molar-refractivity contribution in [1.29, 1.82) is 0 Å². The van der Waals surface area contributed by atoms with E-state index in [9.17, 15) is 14.0 Å². The molecule has 0 aromatic carbocycles. The van der Waals surface area contributed by atoms with E-state index in [1.54, 1.807) is 4.90 Å². The number of carbonyl (C=O) groups is 2. The second kappa shape index (κ2) is 5.72. The van der Waals surface area contributed by atoms with Gasteiger partial charge in [0.25, 0.3) is 5.91 Å². The SMILES string of the molecule is O=C([C@@H]1CCO[C@@H]2CCN(C(=O)C3(F)CC3)C[C@@H]21)N1CCCC1. The fourth-order valence-corrected chi connectivity index (χ4v) is 4.38. The Morgan fingerprint density at radius 2 is 1.78 bits per heavy atom. The number of hydrogen-bond donors (Lipinski definition) is 0. The van der Waals surface area contributed by atoms with Gasteiger partial charge in [-0.1, -0.05) is 0 Å². The highest BCUT2D eigenvalue weighted by Gasteiger charge is 2.54. The van der Waals surface area contributed by atoms with E-state index in [4.69, 9.17) is 4.74 Å². The van der Waals surface area contributed by atoms with Gasteiger partial charge in [0.15, 0.2) is 5.67 Å². The lowest BCUT2D eigenvalue weighted by molar-refractivity contribution is -0.158. The molecule has 0 bridgehead atoms. The smallest absolute Gasteiger partial charge is 0.260 e. The molecule has 3 atom stereocenters. The van der Waals surface area contributed by atoms with Crippen LogP contribution in [0.15, 0.2) is 0 Å². The zero-order valence-electron chi connectivity index (χ0n) is 13.5. The van der Waals surface area contributed by atoms with Crippen molar-refractivity contribution >= 4 is 11.8 Å². The normalized spacial score (nSPS) is 35.8. The molecule has 3 heterocycles. The fourth-order valence-electron chi connectivity index (χ4n) is 4.38. The predicted molar refractivity (Wildman–Crippen MR) is 81.4 cm³/mol. The van der Waals surface area contributed by atoms with Crippen LogP contribution in [0.25, 0.3) is 0 Å². The second-order valence-corrected chi connectivity index (χ2v) is 7.51. The summed E-state index contributed by atoms with van der Waals surface area (Å²) in [5.74, 6) is -0.195. The molecule has 0 unspecified atom stereocenters. The van der Waals surface area contributed by atoms with E-state index in [1.165, 1.54) is 0 Å². The predicted octanol–water partition coefficient (Wildman–Crippen LogP) is 1.36. The lowest BCUT2D eigenvalue weighted by Gasteiger charge is -2.45. The van der Waals surface area contributed by atoms with Crippen LogP contribution >= 0.6 is 0 Å². The molecular formula is C17H25FN2O3. The largest absolute Gasteiger partial charge is 0.378 e. The van der Waals surface area contributed by atoms with Crippen LogP contribution in [0.2, 0.25) is 0 Å². The average Bonchev–Trinajstić information content (AvgIpc) is 3.11. The third-order valence-electron chi connectivity index (χ3n) is 5.96. The zero-order chi connectivity index (χ0) is 16.0. The van der Waals surface area contributed by atoms with Crippen LogP contribution in [-0.4, -0.2) is 66.2 Å². The standard InChI is InChI=1S/C17H25FN2O3/c18-17(5-6-17)16(22)20-9-3-14-13(11-20)12(4-10-23-14)15(21)19-7-1-2-8-19/h12-14H,1-11H2/t12-,13-,14-/m1/s1. The number of halogens is 1. The van der Waals surface area contributed by atoms with E-state index in [0.29, 0.717) is 32.5 Å². The number of piperidine rings is 1. The van der Waals surface area contributed by atoms with Crippen molar-refractivity contribution in [3.05, 3.63) is 0 Å². The number of rotatable bonds is 2. The first kappa shape index (κ1) is 15.4. The van der Waals surface area contributed by atoms with E-state index in [0.717, 1.165) is 38.8 Å². The van der Waals surface area contributed by atoms with Gasteiger partial charge in [-0.25, -0.2) is 4.39 Å². The molecule has 1 saturated carbocycles. The molecule has 1 aliphatic carbocycles. The van der Waals surface area contributed by atoms with Crippen molar-refractivity contribution < 1.29 is 18.7 Å². The Balaban J connectivity index is 1.47. The molecule has 0 aromatic heterocycles. The van der Waals surface area contributed by atoms with Crippen LogP contribution in [0, 0.1) is 11.8 Å². The van der Waals surface area contributed by atoms with Crippen LogP contribution in [-0.2, 0) is 14.3 Å². The summed E-state index contributed by atoms with van der Waals surface area (Å²) >= 11 is 0. The molecule has 2 amide bonds. The fraction of sp³-hybridized carbons (Fsp3) is 0.882. The highest BCUT2D eigenvalue weighted by atomic mass is 19.1. The maximum atomic E-state index is 14.1. The summed E-state index contributed by atoms with van der Waals surface area (Å²) in [4.78, 5) is 28.7. The molecule has 0 aromatic rings. The third-order valence-corrected chi connectivity index (χ3v) is 5.96. The Kier molecular flexibility index (Phi) is 3.82. The van der Waals surface area contributed by atoms with E-state index in [2.05, 4.69) is 0 Å². The van der Waals surface area contributed by atoms with Crippen LogP contribution < -0.4 is 0 Å². The van der Waals surface area contributed by atoms with Gasteiger partial charge in [-0.15, -0.1) is 0 Å². The van der Waals surface area contributed by atoms with E-state index in [-0.39, 0.29) is 29.8 Å². The van der Waals surface area contributed by atoms with Gasteiger partial charge in [0.05, 0.1) is 6.10 Å². The van der Waals surface area contributed by atoms with Gasteiger partial charge in [0.1, 0.15) is 0 Å². The first-order chi connectivity index (χ1) is 11.1. The molecule has 128 valence electrons.